The first-order chi connectivity index (χ1) is 12.5. The molecule has 1 aliphatic heterocycles. The highest BCUT2D eigenvalue weighted by atomic mass is 19.1. The van der Waals surface area contributed by atoms with E-state index < -0.39 is 5.54 Å². The van der Waals surface area contributed by atoms with E-state index in [1.54, 1.807) is 24.3 Å². The number of benzene rings is 2. The van der Waals surface area contributed by atoms with Gasteiger partial charge in [-0.1, -0.05) is 12.1 Å². The fourth-order valence-corrected chi connectivity index (χ4v) is 2.87. The van der Waals surface area contributed by atoms with Gasteiger partial charge in [0.1, 0.15) is 23.7 Å². The largest absolute Gasteiger partial charge is 0.489 e. The summed E-state index contributed by atoms with van der Waals surface area (Å²) in [6.07, 6.45) is 1.01. The van der Waals surface area contributed by atoms with E-state index in [0.717, 1.165) is 11.1 Å². The molecule has 26 heavy (non-hydrogen) atoms. The van der Waals surface area contributed by atoms with Gasteiger partial charge in [0, 0.05) is 18.9 Å². The molecule has 0 radical (unpaired) electrons. The van der Waals surface area contributed by atoms with Gasteiger partial charge in [-0.15, -0.1) is 0 Å². The smallest absolute Gasteiger partial charge is 0.244 e. The average molecular weight is 358 g/mol. The minimum absolute atomic E-state index is 0.197. The fraction of sp³-hybridized carbons (Fsp3) is 0.350. The molecule has 1 heterocycles. The van der Waals surface area contributed by atoms with Gasteiger partial charge in [-0.25, -0.2) is 4.39 Å². The zero-order valence-electron chi connectivity index (χ0n) is 14.8. The van der Waals surface area contributed by atoms with Gasteiger partial charge in [0.05, 0.1) is 0 Å². The topological polar surface area (TPSA) is 73.6 Å². The summed E-state index contributed by atoms with van der Waals surface area (Å²) >= 11 is 0. The predicted octanol–water partition coefficient (Wildman–Crippen LogP) is 3.16. The molecule has 0 aliphatic carbocycles. The number of halogens is 1. The summed E-state index contributed by atoms with van der Waals surface area (Å²) in [6.45, 7) is 3.15. The van der Waals surface area contributed by atoms with Gasteiger partial charge in [0.15, 0.2) is 0 Å². The zero-order valence-corrected chi connectivity index (χ0v) is 14.8. The second-order valence-electron chi connectivity index (χ2n) is 6.62. The summed E-state index contributed by atoms with van der Waals surface area (Å²) in [5.41, 5.74) is 7.63. The third-order valence-electron chi connectivity index (χ3n) is 4.58. The Morgan fingerprint density at radius 2 is 2.04 bits per heavy atom. The molecule has 1 saturated heterocycles. The molecule has 3 N–H and O–H groups in total. The van der Waals surface area contributed by atoms with Crippen molar-refractivity contribution in [3.05, 3.63) is 59.4 Å². The Morgan fingerprint density at radius 3 is 2.73 bits per heavy atom. The van der Waals surface area contributed by atoms with Crippen molar-refractivity contribution < 1.29 is 18.7 Å². The van der Waals surface area contributed by atoms with Gasteiger partial charge in [-0.3, -0.25) is 4.79 Å². The standard InChI is InChI=1S/C20H23FN2O3/c1-14-11-17(26-13-15-3-2-4-16(21)12-15)5-6-18(14)23-19(24)20(22)7-9-25-10-8-20/h2-6,11-12H,7-10,13,22H2,1H3,(H,23,24). The van der Waals surface area contributed by atoms with E-state index in [4.69, 9.17) is 15.2 Å². The van der Waals surface area contributed by atoms with Gasteiger partial charge < -0.3 is 20.5 Å². The Labute approximate surface area is 152 Å². The number of aryl methyl sites for hydroxylation is 1. The molecular weight excluding hydrogens is 335 g/mol. The summed E-state index contributed by atoms with van der Waals surface area (Å²) < 4.78 is 24.2. The predicted molar refractivity (Wildman–Crippen MR) is 97.5 cm³/mol. The molecule has 1 aliphatic rings. The molecule has 0 unspecified atom stereocenters. The average Bonchev–Trinajstić information content (AvgIpc) is 2.62. The van der Waals surface area contributed by atoms with Crippen LogP contribution in [0, 0.1) is 12.7 Å². The number of rotatable bonds is 5. The first-order valence-corrected chi connectivity index (χ1v) is 8.62. The van der Waals surface area contributed by atoms with Crippen molar-refractivity contribution >= 4 is 11.6 Å². The number of hydrogen-bond donors (Lipinski definition) is 2. The summed E-state index contributed by atoms with van der Waals surface area (Å²) in [5.74, 6) is 0.166. The van der Waals surface area contributed by atoms with Crippen LogP contribution in [0.2, 0.25) is 0 Å². The van der Waals surface area contributed by atoms with Gasteiger partial charge in [0.2, 0.25) is 5.91 Å². The van der Waals surface area contributed by atoms with Crippen molar-refractivity contribution in [3.8, 4) is 5.75 Å². The highest BCUT2D eigenvalue weighted by Gasteiger charge is 2.36. The van der Waals surface area contributed by atoms with E-state index in [1.165, 1.54) is 12.1 Å². The molecule has 3 rings (SSSR count). The molecule has 6 heteroatoms. The van der Waals surface area contributed by atoms with Crippen LogP contribution in [0.1, 0.15) is 24.0 Å². The van der Waals surface area contributed by atoms with Crippen LogP contribution < -0.4 is 15.8 Å². The van der Waals surface area contributed by atoms with Crippen LogP contribution >= 0.6 is 0 Å². The first-order valence-electron chi connectivity index (χ1n) is 8.62. The molecule has 5 nitrogen and oxygen atoms in total. The third kappa shape index (κ3) is 4.39. The molecule has 138 valence electrons. The number of nitrogens with one attached hydrogen (secondary N) is 1. The number of ether oxygens (including phenoxy) is 2. The van der Waals surface area contributed by atoms with Crippen LogP contribution in [-0.4, -0.2) is 24.7 Å². The molecule has 0 aromatic heterocycles. The number of anilines is 1. The first kappa shape index (κ1) is 18.4. The highest BCUT2D eigenvalue weighted by molar-refractivity contribution is 5.98. The van der Waals surface area contributed by atoms with Crippen LogP contribution in [0.4, 0.5) is 10.1 Å². The molecular formula is C20H23FN2O3. The highest BCUT2D eigenvalue weighted by Crippen LogP contribution is 2.25. The van der Waals surface area contributed by atoms with Crippen LogP contribution in [0.25, 0.3) is 0 Å². The zero-order chi connectivity index (χ0) is 18.6. The van der Waals surface area contributed by atoms with Crippen LogP contribution in [0.15, 0.2) is 42.5 Å². The number of nitrogens with two attached hydrogens (primary N) is 1. The van der Waals surface area contributed by atoms with Gasteiger partial charge >= 0.3 is 0 Å². The van der Waals surface area contributed by atoms with Crippen LogP contribution in [-0.2, 0) is 16.1 Å². The summed E-state index contributed by atoms with van der Waals surface area (Å²) in [5, 5.41) is 2.90. The normalized spacial score (nSPS) is 16.1. The van der Waals surface area contributed by atoms with Crippen molar-refractivity contribution in [1.82, 2.24) is 0 Å². The minimum Gasteiger partial charge on any atom is -0.489 e. The van der Waals surface area contributed by atoms with Gasteiger partial charge in [-0.2, -0.15) is 0 Å². The second-order valence-corrected chi connectivity index (χ2v) is 6.62. The maximum atomic E-state index is 13.2. The number of carbonyl (C=O) groups is 1. The van der Waals surface area contributed by atoms with E-state index >= 15 is 0 Å². The molecule has 0 saturated carbocycles. The van der Waals surface area contributed by atoms with Gasteiger partial charge in [-0.05, 0) is 61.2 Å². The Bertz CT molecular complexity index is 788. The molecule has 0 atom stereocenters. The Kier molecular flexibility index (Phi) is 5.54. The Morgan fingerprint density at radius 1 is 1.27 bits per heavy atom. The maximum absolute atomic E-state index is 13.2. The van der Waals surface area contributed by atoms with Crippen molar-refractivity contribution in [2.45, 2.75) is 31.9 Å². The summed E-state index contributed by atoms with van der Waals surface area (Å²) in [4.78, 5) is 12.5. The van der Waals surface area contributed by atoms with Crippen molar-refractivity contribution in [2.75, 3.05) is 18.5 Å². The lowest BCUT2D eigenvalue weighted by atomic mass is 9.90. The lowest BCUT2D eigenvalue weighted by molar-refractivity contribution is -0.124. The maximum Gasteiger partial charge on any atom is 0.244 e. The summed E-state index contributed by atoms with van der Waals surface area (Å²) in [6, 6.07) is 11.7. The van der Waals surface area contributed by atoms with Crippen LogP contribution in [0.3, 0.4) is 0 Å². The number of amides is 1. The fourth-order valence-electron chi connectivity index (χ4n) is 2.87. The lowest BCUT2D eigenvalue weighted by Crippen LogP contribution is -2.54. The van der Waals surface area contributed by atoms with E-state index in [1.807, 2.05) is 13.0 Å². The monoisotopic (exact) mass is 358 g/mol. The van der Waals surface area contributed by atoms with Crippen molar-refractivity contribution in [3.63, 3.8) is 0 Å². The van der Waals surface area contributed by atoms with E-state index in [-0.39, 0.29) is 18.3 Å². The lowest BCUT2D eigenvalue weighted by Gasteiger charge is -2.32. The quantitative estimate of drug-likeness (QED) is 0.861. The van der Waals surface area contributed by atoms with Gasteiger partial charge in [0.25, 0.3) is 0 Å². The summed E-state index contributed by atoms with van der Waals surface area (Å²) in [7, 11) is 0. The van der Waals surface area contributed by atoms with Crippen molar-refractivity contribution in [1.29, 1.82) is 0 Å². The van der Waals surface area contributed by atoms with Crippen LogP contribution in [0.5, 0.6) is 5.75 Å². The second kappa shape index (κ2) is 7.85. The van der Waals surface area contributed by atoms with E-state index in [0.29, 0.717) is 37.5 Å². The number of carbonyl (C=O) groups excluding carboxylic acids is 1. The molecule has 2 aromatic carbocycles. The Balaban J connectivity index is 1.63. The third-order valence-corrected chi connectivity index (χ3v) is 4.58. The molecule has 0 spiro atoms. The molecule has 0 bridgehead atoms. The van der Waals surface area contributed by atoms with E-state index in [9.17, 15) is 9.18 Å². The van der Waals surface area contributed by atoms with E-state index in [2.05, 4.69) is 5.32 Å². The minimum atomic E-state index is -0.892. The molecule has 2 aromatic rings. The Hall–Kier alpha value is -2.44. The number of hydrogen-bond acceptors (Lipinski definition) is 4. The SMILES string of the molecule is Cc1cc(OCc2cccc(F)c2)ccc1NC(=O)C1(N)CCOCC1. The van der Waals surface area contributed by atoms with Crippen molar-refractivity contribution in [2.24, 2.45) is 5.73 Å². The molecule has 1 fully saturated rings. The molecule has 1 amide bonds.